The van der Waals surface area contributed by atoms with Crippen LogP contribution in [0.1, 0.15) is 13.3 Å². The Bertz CT molecular complexity index is 204. The zero-order chi connectivity index (χ0) is 13.2. The van der Waals surface area contributed by atoms with Crippen LogP contribution in [-0.2, 0) is 8.23 Å². The third-order valence-electron chi connectivity index (χ3n) is 2.01. The van der Waals surface area contributed by atoms with Crippen LogP contribution in [0.5, 0.6) is 0 Å². The summed E-state index contributed by atoms with van der Waals surface area (Å²) in [5, 5.41) is 10.2. The van der Waals surface area contributed by atoms with Crippen molar-refractivity contribution in [1.82, 2.24) is 0 Å². The molecule has 0 heterocycles. The molecule has 0 fully saturated rings. The van der Waals surface area contributed by atoms with E-state index in [0.29, 0.717) is 6.42 Å². The molecule has 1 N–H and O–H groups in total. The van der Waals surface area contributed by atoms with Crippen molar-refractivity contribution >= 4 is 25.2 Å². The maximum Gasteiger partial charge on any atom is 0.344 e. The quantitative estimate of drug-likeness (QED) is 0.760. The molecular weight excluding hydrogens is 252 g/mol. The average Bonchev–Trinajstić information content (AvgIpc) is 1.95. The highest BCUT2D eigenvalue weighted by Gasteiger charge is 2.45. The Kier molecular flexibility index (Phi) is 5.63. The Morgan fingerprint density at radius 1 is 0.875 bits per heavy atom. The molecule has 0 aliphatic rings. The Morgan fingerprint density at radius 3 is 1.38 bits per heavy atom. The lowest BCUT2D eigenvalue weighted by molar-refractivity contribution is 0.184. The van der Waals surface area contributed by atoms with E-state index in [1.807, 2.05) is 13.5 Å². The van der Waals surface area contributed by atoms with Gasteiger partial charge in [0.05, 0.1) is 5.73 Å². The van der Waals surface area contributed by atoms with E-state index in [1.54, 1.807) is 0 Å². The zero-order valence-corrected chi connectivity index (χ0v) is 15.0. The highest BCUT2D eigenvalue weighted by atomic mass is 28.5. The van der Waals surface area contributed by atoms with Gasteiger partial charge in [0.25, 0.3) is 0 Å². The summed E-state index contributed by atoms with van der Waals surface area (Å²) in [5.74, 6) is 0. The van der Waals surface area contributed by atoms with Crippen molar-refractivity contribution in [2.75, 3.05) is 0 Å². The number of hydrogen-bond donors (Lipinski definition) is 1. The SMILES string of the molecule is CCC(O)[Si](C)(O[Si](C)(C)C)O[Si](C)(C)C. The first-order chi connectivity index (χ1) is 6.90. The zero-order valence-electron chi connectivity index (χ0n) is 12.0. The Labute approximate surface area is 104 Å². The first kappa shape index (κ1) is 16.5. The number of hydrogen-bond acceptors (Lipinski definition) is 3. The minimum absolute atomic E-state index is 0.425. The molecule has 0 aliphatic heterocycles. The lowest BCUT2D eigenvalue weighted by Gasteiger charge is -2.40. The molecule has 0 amide bonds. The minimum atomic E-state index is -2.44. The number of aliphatic hydroxyl groups is 1. The van der Waals surface area contributed by atoms with E-state index < -0.39 is 30.9 Å². The standard InChI is InChI=1S/C10H28O3Si3/c1-9-10(11)16(8,12-14(2,3)4)13-15(5,6)7/h10-11H,9H2,1-8H3. The highest BCUT2D eigenvalue weighted by molar-refractivity contribution is 6.88. The molecule has 0 aromatic carbocycles. The summed E-state index contributed by atoms with van der Waals surface area (Å²) in [5.41, 5.74) is -0.425. The average molecular weight is 281 g/mol. The molecular formula is C10H28O3Si3. The number of rotatable bonds is 6. The van der Waals surface area contributed by atoms with Gasteiger partial charge in [-0.15, -0.1) is 0 Å². The molecule has 0 aromatic heterocycles. The lowest BCUT2D eigenvalue weighted by Crippen LogP contribution is -2.59. The summed E-state index contributed by atoms with van der Waals surface area (Å²) >= 11 is 0. The maximum absolute atomic E-state index is 10.2. The highest BCUT2D eigenvalue weighted by Crippen LogP contribution is 2.24. The van der Waals surface area contributed by atoms with Crippen LogP contribution in [-0.4, -0.2) is 36.0 Å². The predicted molar refractivity (Wildman–Crippen MR) is 76.8 cm³/mol. The topological polar surface area (TPSA) is 38.7 Å². The second-order valence-electron chi connectivity index (χ2n) is 6.37. The second kappa shape index (κ2) is 5.45. The van der Waals surface area contributed by atoms with Gasteiger partial charge in [-0.2, -0.15) is 0 Å². The molecule has 0 bridgehead atoms. The normalized spacial score (nSPS) is 16.3. The maximum atomic E-state index is 10.2. The fourth-order valence-corrected chi connectivity index (χ4v) is 13.8. The van der Waals surface area contributed by atoms with Gasteiger partial charge in [0.1, 0.15) is 0 Å². The van der Waals surface area contributed by atoms with E-state index in [2.05, 4.69) is 39.3 Å². The van der Waals surface area contributed by atoms with Gasteiger partial charge >= 0.3 is 8.56 Å². The lowest BCUT2D eigenvalue weighted by atomic mass is 10.5. The molecule has 16 heavy (non-hydrogen) atoms. The van der Waals surface area contributed by atoms with E-state index in [9.17, 15) is 5.11 Å². The summed E-state index contributed by atoms with van der Waals surface area (Å²) in [7, 11) is -5.79. The van der Waals surface area contributed by atoms with Gasteiger partial charge in [-0.3, -0.25) is 0 Å². The minimum Gasteiger partial charge on any atom is -0.435 e. The summed E-state index contributed by atoms with van der Waals surface area (Å²) in [6, 6.07) is 0. The van der Waals surface area contributed by atoms with Crippen molar-refractivity contribution in [2.24, 2.45) is 0 Å². The molecule has 98 valence electrons. The van der Waals surface area contributed by atoms with Gasteiger partial charge in [0.2, 0.25) is 0 Å². The van der Waals surface area contributed by atoms with Crippen molar-refractivity contribution < 1.29 is 13.3 Å². The fraction of sp³-hybridized carbons (Fsp3) is 1.00. The van der Waals surface area contributed by atoms with Crippen LogP contribution in [0.4, 0.5) is 0 Å². The second-order valence-corrected chi connectivity index (χ2v) is 19.1. The van der Waals surface area contributed by atoms with E-state index in [0.717, 1.165) is 0 Å². The molecule has 0 spiro atoms. The largest absolute Gasteiger partial charge is 0.435 e. The van der Waals surface area contributed by atoms with E-state index in [-0.39, 0.29) is 0 Å². The monoisotopic (exact) mass is 280 g/mol. The summed E-state index contributed by atoms with van der Waals surface area (Å²) in [4.78, 5) is 0. The molecule has 1 atom stereocenters. The Hall–Kier alpha value is 0.531. The van der Waals surface area contributed by atoms with Crippen molar-refractivity contribution in [3.8, 4) is 0 Å². The van der Waals surface area contributed by atoms with Crippen LogP contribution in [0.2, 0.25) is 45.8 Å². The summed E-state index contributed by atoms with van der Waals surface area (Å²) in [6.45, 7) is 16.9. The van der Waals surface area contributed by atoms with Gasteiger partial charge in [-0.25, -0.2) is 0 Å². The Balaban J connectivity index is 4.90. The molecule has 0 aromatic rings. The van der Waals surface area contributed by atoms with Crippen LogP contribution in [0.25, 0.3) is 0 Å². The van der Waals surface area contributed by atoms with Gasteiger partial charge in [0.15, 0.2) is 16.6 Å². The van der Waals surface area contributed by atoms with E-state index >= 15 is 0 Å². The molecule has 0 saturated heterocycles. The smallest absolute Gasteiger partial charge is 0.344 e. The first-order valence-electron chi connectivity index (χ1n) is 5.98. The fourth-order valence-electron chi connectivity index (χ4n) is 1.74. The van der Waals surface area contributed by atoms with Gasteiger partial charge in [0, 0.05) is 0 Å². The van der Waals surface area contributed by atoms with Gasteiger partial charge in [-0.1, -0.05) is 6.92 Å². The third kappa shape index (κ3) is 6.31. The van der Waals surface area contributed by atoms with Crippen molar-refractivity contribution in [1.29, 1.82) is 0 Å². The summed E-state index contributed by atoms with van der Waals surface area (Å²) < 4.78 is 12.4. The van der Waals surface area contributed by atoms with Crippen LogP contribution in [0.15, 0.2) is 0 Å². The molecule has 6 heteroatoms. The summed E-state index contributed by atoms with van der Waals surface area (Å²) in [6.07, 6.45) is 0.706. The molecule has 0 saturated carbocycles. The van der Waals surface area contributed by atoms with Crippen LogP contribution >= 0.6 is 0 Å². The molecule has 0 radical (unpaired) electrons. The van der Waals surface area contributed by atoms with Crippen molar-refractivity contribution in [3.05, 3.63) is 0 Å². The van der Waals surface area contributed by atoms with E-state index in [4.69, 9.17) is 8.23 Å². The molecule has 0 rings (SSSR count). The van der Waals surface area contributed by atoms with Crippen molar-refractivity contribution in [2.45, 2.75) is 64.9 Å². The van der Waals surface area contributed by atoms with Gasteiger partial charge < -0.3 is 13.3 Å². The molecule has 0 aliphatic carbocycles. The van der Waals surface area contributed by atoms with Crippen LogP contribution in [0.3, 0.4) is 0 Å². The predicted octanol–water partition coefficient (Wildman–Crippen LogP) is 3.07. The van der Waals surface area contributed by atoms with E-state index in [1.165, 1.54) is 0 Å². The molecule has 3 nitrogen and oxygen atoms in total. The van der Waals surface area contributed by atoms with Crippen LogP contribution < -0.4 is 0 Å². The van der Waals surface area contributed by atoms with Gasteiger partial charge in [-0.05, 0) is 52.2 Å². The number of aliphatic hydroxyl groups excluding tert-OH is 1. The third-order valence-corrected chi connectivity index (χ3v) is 11.8. The first-order valence-corrected chi connectivity index (χ1v) is 15.2. The Morgan fingerprint density at radius 2 is 1.19 bits per heavy atom. The molecule has 1 unspecified atom stereocenters. The van der Waals surface area contributed by atoms with Crippen LogP contribution in [0, 0.1) is 0 Å². The van der Waals surface area contributed by atoms with Crippen molar-refractivity contribution in [3.63, 3.8) is 0 Å².